The van der Waals surface area contributed by atoms with E-state index >= 15 is 0 Å². The average Bonchev–Trinajstić information content (AvgIpc) is 3.19. The normalized spacial score (nSPS) is 19.1. The van der Waals surface area contributed by atoms with Crippen LogP contribution >= 0.6 is 23.6 Å². The van der Waals surface area contributed by atoms with Gasteiger partial charge in [0.15, 0.2) is 4.77 Å². The van der Waals surface area contributed by atoms with E-state index < -0.39 is 0 Å². The first-order valence-corrected chi connectivity index (χ1v) is 9.70. The molecule has 24 heavy (non-hydrogen) atoms. The summed E-state index contributed by atoms with van der Waals surface area (Å²) in [6, 6.07) is 8.76. The molecule has 3 aromatic rings. The summed E-state index contributed by atoms with van der Waals surface area (Å²) in [6.45, 7) is 4.76. The lowest BCUT2D eigenvalue weighted by Crippen LogP contribution is -2.35. The third-order valence-corrected chi connectivity index (χ3v) is 6.25. The summed E-state index contributed by atoms with van der Waals surface area (Å²) >= 11 is 7.34. The van der Waals surface area contributed by atoms with Gasteiger partial charge in [-0.3, -0.25) is 4.90 Å². The van der Waals surface area contributed by atoms with Crippen molar-refractivity contribution in [3.8, 4) is 0 Å². The molecule has 1 aromatic carbocycles. The van der Waals surface area contributed by atoms with Crippen molar-refractivity contribution >= 4 is 33.8 Å². The van der Waals surface area contributed by atoms with Crippen molar-refractivity contribution in [2.75, 3.05) is 6.54 Å². The van der Waals surface area contributed by atoms with Gasteiger partial charge >= 0.3 is 0 Å². The Labute approximate surface area is 150 Å². The van der Waals surface area contributed by atoms with E-state index in [9.17, 15) is 0 Å². The van der Waals surface area contributed by atoms with Crippen LogP contribution in [0.5, 0.6) is 0 Å². The predicted molar refractivity (Wildman–Crippen MR) is 99.6 cm³/mol. The molecule has 0 amide bonds. The van der Waals surface area contributed by atoms with Gasteiger partial charge in [0.05, 0.1) is 22.9 Å². The van der Waals surface area contributed by atoms with Gasteiger partial charge in [0.1, 0.15) is 11.3 Å². The first kappa shape index (κ1) is 15.9. The van der Waals surface area contributed by atoms with Crippen molar-refractivity contribution < 1.29 is 0 Å². The number of aryl methyl sites for hydroxylation is 1. The maximum absolute atomic E-state index is 5.52. The highest BCUT2D eigenvalue weighted by Crippen LogP contribution is 2.35. The van der Waals surface area contributed by atoms with E-state index in [1.54, 1.807) is 0 Å². The van der Waals surface area contributed by atoms with E-state index in [0.29, 0.717) is 6.04 Å². The summed E-state index contributed by atoms with van der Waals surface area (Å²) in [7, 11) is 0. The molecule has 0 unspecified atom stereocenters. The lowest BCUT2D eigenvalue weighted by molar-refractivity contribution is 0.103. The molecule has 0 aliphatic carbocycles. The standard InChI is InChI=1S/C17H21N5S2/c1-2-20-11-18-22(17(20)23)12-21-10-6-5-8-14(21)16-19-13-7-3-4-9-15(13)24-16/h3-4,7,9,11,14H,2,5-6,8,10,12H2,1H3/t14-/m0/s1. The zero-order chi connectivity index (χ0) is 16.5. The van der Waals surface area contributed by atoms with Crippen molar-refractivity contribution in [2.45, 2.75) is 45.4 Å². The van der Waals surface area contributed by atoms with E-state index in [1.165, 1.54) is 22.5 Å². The number of fused-ring (bicyclic) bond motifs is 1. The molecule has 0 saturated carbocycles. The topological polar surface area (TPSA) is 38.9 Å². The van der Waals surface area contributed by atoms with Crippen LogP contribution in [0.1, 0.15) is 37.2 Å². The first-order chi connectivity index (χ1) is 11.8. The highest BCUT2D eigenvalue weighted by Gasteiger charge is 2.27. The Morgan fingerprint density at radius 1 is 1.29 bits per heavy atom. The Morgan fingerprint density at radius 3 is 2.96 bits per heavy atom. The van der Waals surface area contributed by atoms with Gasteiger partial charge in [-0.15, -0.1) is 11.3 Å². The second-order valence-corrected chi connectivity index (χ2v) is 7.61. The van der Waals surface area contributed by atoms with Gasteiger partial charge in [-0.1, -0.05) is 18.6 Å². The summed E-state index contributed by atoms with van der Waals surface area (Å²) in [5.74, 6) is 0. The molecule has 3 heterocycles. The van der Waals surface area contributed by atoms with E-state index in [0.717, 1.165) is 36.5 Å². The number of benzene rings is 1. The summed E-state index contributed by atoms with van der Waals surface area (Å²) < 4.78 is 6.01. The monoisotopic (exact) mass is 359 g/mol. The van der Waals surface area contributed by atoms with Gasteiger partial charge in [-0.05, 0) is 44.1 Å². The van der Waals surface area contributed by atoms with E-state index in [-0.39, 0.29) is 0 Å². The Morgan fingerprint density at radius 2 is 2.17 bits per heavy atom. The van der Waals surface area contributed by atoms with Crippen LogP contribution in [0.25, 0.3) is 10.2 Å². The van der Waals surface area contributed by atoms with Crippen LogP contribution in [-0.4, -0.2) is 30.8 Å². The van der Waals surface area contributed by atoms with Crippen LogP contribution in [0.4, 0.5) is 0 Å². The Kier molecular flexibility index (Phi) is 4.47. The summed E-state index contributed by atoms with van der Waals surface area (Å²) in [5.41, 5.74) is 1.11. The van der Waals surface area contributed by atoms with E-state index in [2.05, 4.69) is 41.2 Å². The largest absolute Gasteiger partial charge is 0.307 e. The maximum atomic E-state index is 5.52. The van der Waals surface area contributed by atoms with E-state index in [4.69, 9.17) is 17.2 Å². The predicted octanol–water partition coefficient (Wildman–Crippen LogP) is 4.23. The quantitative estimate of drug-likeness (QED) is 0.654. The molecule has 1 atom stereocenters. The van der Waals surface area contributed by atoms with Gasteiger partial charge in [-0.25, -0.2) is 9.67 Å². The molecule has 0 N–H and O–H groups in total. The van der Waals surface area contributed by atoms with E-state index in [1.807, 2.05) is 26.9 Å². The Bertz CT molecular complexity index is 861. The van der Waals surface area contributed by atoms with Gasteiger partial charge in [-0.2, -0.15) is 5.10 Å². The molecule has 126 valence electrons. The van der Waals surface area contributed by atoms with Crippen LogP contribution in [0.15, 0.2) is 30.6 Å². The lowest BCUT2D eigenvalue weighted by atomic mass is 10.0. The second kappa shape index (κ2) is 6.74. The van der Waals surface area contributed by atoms with Crippen molar-refractivity contribution in [2.24, 2.45) is 0 Å². The number of likely N-dealkylation sites (tertiary alicyclic amines) is 1. The summed E-state index contributed by atoms with van der Waals surface area (Å²) in [6.07, 6.45) is 5.47. The molecule has 1 fully saturated rings. The second-order valence-electron chi connectivity index (χ2n) is 6.18. The van der Waals surface area contributed by atoms with Crippen LogP contribution in [0.2, 0.25) is 0 Å². The fourth-order valence-electron chi connectivity index (χ4n) is 3.33. The van der Waals surface area contributed by atoms with Crippen molar-refractivity contribution in [1.82, 2.24) is 24.2 Å². The molecular formula is C17H21N5S2. The smallest absolute Gasteiger partial charge is 0.198 e. The number of aromatic nitrogens is 4. The molecule has 7 heteroatoms. The minimum Gasteiger partial charge on any atom is -0.307 e. The van der Waals surface area contributed by atoms with Crippen molar-refractivity contribution in [1.29, 1.82) is 0 Å². The third-order valence-electron chi connectivity index (χ3n) is 4.66. The zero-order valence-electron chi connectivity index (χ0n) is 13.8. The summed E-state index contributed by atoms with van der Waals surface area (Å²) in [5, 5.41) is 5.69. The molecule has 0 spiro atoms. The number of nitrogens with zero attached hydrogens (tertiary/aromatic N) is 5. The van der Waals surface area contributed by atoms with Gasteiger partial charge in [0, 0.05) is 13.1 Å². The maximum Gasteiger partial charge on any atom is 0.198 e. The average molecular weight is 360 g/mol. The Balaban J connectivity index is 1.62. The molecule has 1 aliphatic heterocycles. The highest BCUT2D eigenvalue weighted by molar-refractivity contribution is 7.71. The fraction of sp³-hybridized carbons (Fsp3) is 0.471. The van der Waals surface area contributed by atoms with Crippen LogP contribution < -0.4 is 0 Å². The summed E-state index contributed by atoms with van der Waals surface area (Å²) in [4.78, 5) is 7.36. The van der Waals surface area contributed by atoms with Gasteiger partial charge in [0.2, 0.25) is 0 Å². The number of hydrogen-bond donors (Lipinski definition) is 0. The minimum absolute atomic E-state index is 0.366. The highest BCUT2D eigenvalue weighted by atomic mass is 32.1. The Hall–Kier alpha value is -1.57. The first-order valence-electron chi connectivity index (χ1n) is 8.48. The van der Waals surface area contributed by atoms with Gasteiger partial charge < -0.3 is 4.57 Å². The van der Waals surface area contributed by atoms with Gasteiger partial charge in [0.25, 0.3) is 0 Å². The number of hydrogen-bond acceptors (Lipinski definition) is 5. The molecule has 2 aromatic heterocycles. The molecule has 4 rings (SSSR count). The lowest BCUT2D eigenvalue weighted by Gasteiger charge is -2.34. The number of para-hydroxylation sites is 1. The number of thiazole rings is 1. The minimum atomic E-state index is 0.366. The van der Waals surface area contributed by atoms with Crippen LogP contribution in [0.3, 0.4) is 0 Å². The number of piperidine rings is 1. The zero-order valence-corrected chi connectivity index (χ0v) is 15.4. The van der Waals surface area contributed by atoms with Crippen molar-refractivity contribution in [3.05, 3.63) is 40.4 Å². The molecule has 5 nitrogen and oxygen atoms in total. The molecule has 1 aliphatic rings. The van der Waals surface area contributed by atoms with Crippen LogP contribution in [0, 0.1) is 4.77 Å². The third kappa shape index (κ3) is 2.92. The molecule has 1 saturated heterocycles. The number of rotatable bonds is 4. The van der Waals surface area contributed by atoms with Crippen LogP contribution in [-0.2, 0) is 13.2 Å². The molecule has 0 radical (unpaired) electrons. The molecule has 0 bridgehead atoms. The fourth-order valence-corrected chi connectivity index (χ4v) is 4.75. The molecular weight excluding hydrogens is 338 g/mol. The SMILES string of the molecule is CCn1cnn(CN2CCCC[C@H]2c2nc3ccccc3s2)c1=S. The van der Waals surface area contributed by atoms with Crippen molar-refractivity contribution in [3.63, 3.8) is 0 Å².